The highest BCUT2D eigenvalue weighted by molar-refractivity contribution is 5.75. The molecule has 0 aliphatic carbocycles. The van der Waals surface area contributed by atoms with E-state index >= 15 is 0 Å². The van der Waals surface area contributed by atoms with Crippen LogP contribution in [-0.4, -0.2) is 22.2 Å². The predicted molar refractivity (Wildman–Crippen MR) is 148 cm³/mol. The number of allylic oxidation sites excluding steroid dienone is 6. The smallest absolute Gasteiger partial charge is 0.310 e. The van der Waals surface area contributed by atoms with Gasteiger partial charge in [-0.25, -0.2) is 0 Å². The highest BCUT2D eigenvalue weighted by Crippen LogP contribution is 2.17. The summed E-state index contributed by atoms with van der Waals surface area (Å²) in [6.07, 6.45) is 24.4. The SMILES string of the molecule is CC(C)Cc1ccc(C(C)C(=O)O)cc1.CC/C=C\C/C=C\C/C=C\CCCCCCCC(=O)O. The molecule has 1 aromatic rings. The monoisotopic (exact) mass is 484 g/mol. The van der Waals surface area contributed by atoms with E-state index in [1.807, 2.05) is 24.3 Å². The number of carboxylic acids is 2. The van der Waals surface area contributed by atoms with Gasteiger partial charge in [0.25, 0.3) is 0 Å². The third kappa shape index (κ3) is 20.5. The molecule has 1 unspecified atom stereocenters. The second kappa shape index (κ2) is 21.9. The molecule has 0 radical (unpaired) electrons. The number of carbonyl (C=O) groups is 2. The Kier molecular flexibility index (Phi) is 20.2. The van der Waals surface area contributed by atoms with Crippen LogP contribution in [0, 0.1) is 5.92 Å². The van der Waals surface area contributed by atoms with E-state index in [-0.39, 0.29) is 0 Å². The second-order valence-corrected chi connectivity index (χ2v) is 9.39. The zero-order valence-corrected chi connectivity index (χ0v) is 22.4. The summed E-state index contributed by atoms with van der Waals surface area (Å²) in [4.78, 5) is 21.1. The summed E-state index contributed by atoms with van der Waals surface area (Å²) in [5, 5.41) is 17.3. The number of carboxylic acid groups (broad SMARTS) is 2. The summed E-state index contributed by atoms with van der Waals surface area (Å²) < 4.78 is 0. The van der Waals surface area contributed by atoms with Crippen LogP contribution in [0.15, 0.2) is 60.7 Å². The molecule has 196 valence electrons. The van der Waals surface area contributed by atoms with Crippen molar-refractivity contribution in [1.82, 2.24) is 0 Å². The van der Waals surface area contributed by atoms with Crippen molar-refractivity contribution in [2.24, 2.45) is 5.92 Å². The molecule has 1 rings (SSSR count). The number of unbranched alkanes of at least 4 members (excludes halogenated alkanes) is 5. The summed E-state index contributed by atoms with van der Waals surface area (Å²) in [7, 11) is 0. The molecule has 4 nitrogen and oxygen atoms in total. The molecule has 1 aromatic carbocycles. The number of rotatable bonds is 17. The first-order valence-electron chi connectivity index (χ1n) is 13.3. The Labute approximate surface area is 213 Å². The molecule has 0 heterocycles. The van der Waals surface area contributed by atoms with Crippen LogP contribution >= 0.6 is 0 Å². The Hall–Kier alpha value is -2.62. The molecule has 0 aliphatic rings. The van der Waals surface area contributed by atoms with Gasteiger partial charge in [0.05, 0.1) is 5.92 Å². The third-order valence-corrected chi connectivity index (χ3v) is 5.54. The van der Waals surface area contributed by atoms with Crippen LogP contribution in [0.25, 0.3) is 0 Å². The van der Waals surface area contributed by atoms with E-state index in [9.17, 15) is 9.59 Å². The van der Waals surface area contributed by atoms with Crippen molar-refractivity contribution in [1.29, 1.82) is 0 Å². The second-order valence-electron chi connectivity index (χ2n) is 9.39. The molecule has 0 amide bonds. The van der Waals surface area contributed by atoms with Crippen LogP contribution in [-0.2, 0) is 16.0 Å². The molecular weight excluding hydrogens is 436 g/mol. The van der Waals surface area contributed by atoms with Crippen LogP contribution in [0.5, 0.6) is 0 Å². The minimum atomic E-state index is -0.772. The van der Waals surface area contributed by atoms with Crippen molar-refractivity contribution in [3.8, 4) is 0 Å². The van der Waals surface area contributed by atoms with E-state index in [1.54, 1.807) is 6.92 Å². The van der Waals surface area contributed by atoms with Gasteiger partial charge in [-0.1, -0.05) is 101 Å². The molecular formula is C31H48O4. The molecule has 0 bridgehead atoms. The third-order valence-electron chi connectivity index (χ3n) is 5.54. The lowest BCUT2D eigenvalue weighted by atomic mass is 9.97. The number of hydrogen-bond donors (Lipinski definition) is 2. The average Bonchev–Trinajstić information content (AvgIpc) is 2.81. The van der Waals surface area contributed by atoms with Gasteiger partial charge >= 0.3 is 11.9 Å². The van der Waals surface area contributed by atoms with Gasteiger partial charge in [-0.2, -0.15) is 0 Å². The highest BCUT2D eigenvalue weighted by Gasteiger charge is 2.12. The van der Waals surface area contributed by atoms with E-state index < -0.39 is 17.9 Å². The van der Waals surface area contributed by atoms with Gasteiger partial charge in [0, 0.05) is 6.42 Å². The largest absolute Gasteiger partial charge is 0.481 e. The van der Waals surface area contributed by atoms with Gasteiger partial charge in [-0.3, -0.25) is 9.59 Å². The van der Waals surface area contributed by atoms with Crippen LogP contribution in [0.4, 0.5) is 0 Å². The standard InChI is InChI=1S/C18H30O2.C13H18O2/c1-2-3-4-5-6-7-8-9-10-11-12-13-14-15-16-17-18(19)20;1-9(2)8-11-4-6-12(7-5-11)10(3)13(14)15/h3-4,6-7,9-10H,2,5,8,11-17H2,1H3,(H,19,20);4-7,9-10H,8H2,1-3H3,(H,14,15)/b4-3-,7-6-,10-9-;. The highest BCUT2D eigenvalue weighted by atomic mass is 16.4. The molecule has 1 atom stereocenters. The first-order chi connectivity index (χ1) is 16.8. The van der Waals surface area contributed by atoms with E-state index in [0.29, 0.717) is 12.3 Å². The first-order valence-corrected chi connectivity index (χ1v) is 13.3. The lowest BCUT2D eigenvalue weighted by molar-refractivity contribution is -0.138. The average molecular weight is 485 g/mol. The zero-order valence-electron chi connectivity index (χ0n) is 22.4. The summed E-state index contributed by atoms with van der Waals surface area (Å²) in [6.45, 7) is 8.20. The Morgan fingerprint density at radius 2 is 1.31 bits per heavy atom. The fourth-order valence-corrected chi connectivity index (χ4v) is 3.45. The lowest BCUT2D eigenvalue weighted by Gasteiger charge is -2.09. The van der Waals surface area contributed by atoms with Gasteiger partial charge in [0.2, 0.25) is 0 Å². The minimum absolute atomic E-state index is 0.319. The molecule has 0 saturated heterocycles. The van der Waals surface area contributed by atoms with Crippen molar-refractivity contribution in [3.05, 3.63) is 71.8 Å². The van der Waals surface area contributed by atoms with Crippen molar-refractivity contribution in [3.63, 3.8) is 0 Å². The summed E-state index contributed by atoms with van der Waals surface area (Å²) in [5.74, 6) is -1.23. The molecule has 35 heavy (non-hydrogen) atoms. The summed E-state index contributed by atoms with van der Waals surface area (Å²) in [5.41, 5.74) is 2.14. The maximum atomic E-state index is 10.8. The zero-order chi connectivity index (χ0) is 26.3. The molecule has 0 fully saturated rings. The van der Waals surface area contributed by atoms with Crippen LogP contribution in [0.2, 0.25) is 0 Å². The van der Waals surface area contributed by atoms with Crippen LogP contribution in [0.3, 0.4) is 0 Å². The quantitative estimate of drug-likeness (QED) is 0.171. The lowest BCUT2D eigenvalue weighted by Crippen LogP contribution is -2.07. The minimum Gasteiger partial charge on any atom is -0.481 e. The maximum absolute atomic E-state index is 10.8. The maximum Gasteiger partial charge on any atom is 0.310 e. The van der Waals surface area contributed by atoms with E-state index in [4.69, 9.17) is 10.2 Å². The van der Waals surface area contributed by atoms with Crippen molar-refractivity contribution < 1.29 is 19.8 Å². The molecule has 0 spiro atoms. The molecule has 0 aromatic heterocycles. The van der Waals surface area contributed by atoms with Crippen LogP contribution < -0.4 is 0 Å². The van der Waals surface area contributed by atoms with Crippen molar-refractivity contribution in [2.45, 2.75) is 104 Å². The van der Waals surface area contributed by atoms with E-state index in [0.717, 1.165) is 56.9 Å². The topological polar surface area (TPSA) is 74.6 Å². The number of benzene rings is 1. The number of hydrogen-bond acceptors (Lipinski definition) is 2. The molecule has 0 saturated carbocycles. The van der Waals surface area contributed by atoms with Crippen molar-refractivity contribution >= 4 is 11.9 Å². The predicted octanol–water partition coefficient (Wildman–Crippen LogP) is 8.73. The first kappa shape index (κ1) is 32.4. The normalized spacial score (nSPS) is 12.4. The summed E-state index contributed by atoms with van der Waals surface area (Å²) in [6, 6.07) is 7.87. The molecule has 0 aliphatic heterocycles. The van der Waals surface area contributed by atoms with Crippen LogP contribution in [0.1, 0.15) is 109 Å². The Morgan fingerprint density at radius 3 is 1.86 bits per heavy atom. The van der Waals surface area contributed by atoms with Gasteiger partial charge in [-0.05, 0) is 68.9 Å². The van der Waals surface area contributed by atoms with Gasteiger partial charge in [-0.15, -0.1) is 0 Å². The fourth-order valence-electron chi connectivity index (χ4n) is 3.45. The Balaban J connectivity index is 0.000000686. The van der Waals surface area contributed by atoms with E-state index in [1.165, 1.54) is 18.4 Å². The van der Waals surface area contributed by atoms with Gasteiger partial charge in [0.15, 0.2) is 0 Å². The molecule has 4 heteroatoms. The molecule has 2 N–H and O–H groups in total. The fraction of sp³-hybridized carbons (Fsp3) is 0.548. The van der Waals surface area contributed by atoms with Crippen molar-refractivity contribution in [2.75, 3.05) is 0 Å². The summed E-state index contributed by atoms with van der Waals surface area (Å²) >= 11 is 0. The van der Waals surface area contributed by atoms with E-state index in [2.05, 4.69) is 57.2 Å². The Morgan fingerprint density at radius 1 is 0.771 bits per heavy atom. The number of aliphatic carboxylic acids is 2. The van der Waals surface area contributed by atoms with Gasteiger partial charge < -0.3 is 10.2 Å². The van der Waals surface area contributed by atoms with Gasteiger partial charge in [0.1, 0.15) is 0 Å². The Bertz CT molecular complexity index is 757.